The first-order valence-corrected chi connectivity index (χ1v) is 16.1. The molecule has 1 aromatic heterocycles. The van der Waals surface area contributed by atoms with E-state index in [0.717, 1.165) is 51.3 Å². The molecule has 4 fully saturated rings. The molecule has 7 rings (SSSR count). The Kier molecular flexibility index (Phi) is 7.82. The van der Waals surface area contributed by atoms with E-state index in [9.17, 15) is 14.6 Å². The molecule has 44 heavy (non-hydrogen) atoms. The SMILES string of the molecule is CC(C)(c1ccccc1)N1C2CN(c3nc(OCC4(CN5CCOCC5)CC4)nc4c(F)c(Br)c(F)cc34)CC1C(O)C2O. The number of hydrogen-bond acceptors (Lipinski definition) is 9. The molecule has 1 aliphatic carbocycles. The number of anilines is 1. The molecular weight excluding hydrogens is 636 g/mol. The maximum Gasteiger partial charge on any atom is 0.319 e. The summed E-state index contributed by atoms with van der Waals surface area (Å²) in [5.41, 5.74) is 0.509. The summed E-state index contributed by atoms with van der Waals surface area (Å²) in [7, 11) is 0. The molecule has 3 saturated heterocycles. The van der Waals surface area contributed by atoms with E-state index in [1.807, 2.05) is 35.2 Å². The van der Waals surface area contributed by atoms with Gasteiger partial charge in [-0.3, -0.25) is 9.80 Å². The van der Waals surface area contributed by atoms with Gasteiger partial charge in [-0.05, 0) is 54.2 Å². The summed E-state index contributed by atoms with van der Waals surface area (Å²) < 4.78 is 41.8. The first kappa shape index (κ1) is 30.2. The molecule has 2 bridgehead atoms. The van der Waals surface area contributed by atoms with Gasteiger partial charge in [-0.15, -0.1) is 0 Å². The number of hydrogen-bond donors (Lipinski definition) is 2. The van der Waals surface area contributed by atoms with Crippen molar-refractivity contribution in [3.05, 3.63) is 58.1 Å². The van der Waals surface area contributed by atoms with Crippen molar-refractivity contribution >= 4 is 32.7 Å². The maximum atomic E-state index is 15.5. The average molecular weight is 675 g/mol. The predicted octanol–water partition coefficient (Wildman–Crippen LogP) is 3.69. The van der Waals surface area contributed by atoms with Crippen LogP contribution in [0.1, 0.15) is 32.3 Å². The molecule has 0 radical (unpaired) electrons. The van der Waals surface area contributed by atoms with Crippen LogP contribution in [-0.4, -0.2) is 107 Å². The summed E-state index contributed by atoms with van der Waals surface area (Å²) in [4.78, 5) is 15.6. The monoisotopic (exact) mass is 673 g/mol. The van der Waals surface area contributed by atoms with Gasteiger partial charge in [-0.1, -0.05) is 30.3 Å². The smallest absolute Gasteiger partial charge is 0.319 e. The molecule has 1 saturated carbocycles. The standard InChI is InChI=1S/C32H38BrF2N5O4/c1-31(2,19-6-4-3-5-7-19)40-22-15-39(16-23(40)28(42)27(22)41)29-20-14-21(34)24(33)25(35)26(20)36-30(37-29)44-18-32(8-9-32)17-38-10-12-43-13-11-38/h3-7,14,22-23,27-28,41-42H,8-13,15-18H2,1-2H3. The number of morpholine rings is 1. The number of rotatable bonds is 8. The van der Waals surface area contributed by atoms with Crippen molar-refractivity contribution in [2.45, 2.75) is 56.5 Å². The number of aliphatic hydroxyl groups excluding tert-OH is 2. The fourth-order valence-corrected chi connectivity index (χ4v) is 7.67. The second-order valence-corrected chi connectivity index (χ2v) is 14.0. The van der Waals surface area contributed by atoms with Gasteiger partial charge >= 0.3 is 6.01 Å². The van der Waals surface area contributed by atoms with Crippen molar-refractivity contribution in [2.24, 2.45) is 5.41 Å². The molecule has 12 heteroatoms. The third kappa shape index (κ3) is 5.27. The van der Waals surface area contributed by atoms with Crippen molar-refractivity contribution in [1.82, 2.24) is 19.8 Å². The molecule has 0 spiro atoms. The molecule has 3 aromatic rings. The highest BCUT2D eigenvalue weighted by atomic mass is 79.9. The number of benzene rings is 2. The Labute approximate surface area is 263 Å². The van der Waals surface area contributed by atoms with E-state index in [4.69, 9.17) is 14.5 Å². The number of nitrogens with zero attached hydrogens (tertiary/aromatic N) is 5. The summed E-state index contributed by atoms with van der Waals surface area (Å²) >= 11 is 3.02. The molecule has 3 aliphatic heterocycles. The zero-order chi connectivity index (χ0) is 30.8. The molecular formula is C32H38BrF2N5O4. The molecule has 4 heterocycles. The van der Waals surface area contributed by atoms with E-state index in [1.165, 1.54) is 6.07 Å². The summed E-state index contributed by atoms with van der Waals surface area (Å²) in [6, 6.07) is 10.3. The minimum atomic E-state index is -1.01. The largest absolute Gasteiger partial charge is 0.463 e. The van der Waals surface area contributed by atoms with Gasteiger partial charge in [-0.25, -0.2) is 8.78 Å². The van der Waals surface area contributed by atoms with Crippen LogP contribution >= 0.6 is 15.9 Å². The highest BCUT2D eigenvalue weighted by Crippen LogP contribution is 2.47. The Morgan fingerprint density at radius 3 is 2.34 bits per heavy atom. The van der Waals surface area contributed by atoms with Crippen molar-refractivity contribution < 1.29 is 28.5 Å². The second kappa shape index (κ2) is 11.4. The van der Waals surface area contributed by atoms with Crippen LogP contribution in [0.5, 0.6) is 6.01 Å². The lowest BCUT2D eigenvalue weighted by Gasteiger charge is -2.49. The first-order valence-electron chi connectivity index (χ1n) is 15.3. The number of ether oxygens (including phenoxy) is 2. The Balaban J connectivity index is 1.21. The lowest BCUT2D eigenvalue weighted by atomic mass is 9.89. The van der Waals surface area contributed by atoms with Gasteiger partial charge in [0.25, 0.3) is 0 Å². The topological polar surface area (TPSA) is 94.4 Å². The Hall–Kier alpha value is -2.48. The van der Waals surface area contributed by atoms with E-state index in [2.05, 4.69) is 44.6 Å². The number of aromatic nitrogens is 2. The van der Waals surface area contributed by atoms with Crippen LogP contribution in [0, 0.1) is 17.0 Å². The minimum Gasteiger partial charge on any atom is -0.463 e. The van der Waals surface area contributed by atoms with Crippen molar-refractivity contribution in [2.75, 3.05) is 57.4 Å². The van der Waals surface area contributed by atoms with Gasteiger partial charge in [0.1, 0.15) is 17.2 Å². The average Bonchev–Trinajstić information content (AvgIpc) is 3.78. The Morgan fingerprint density at radius 2 is 1.70 bits per heavy atom. The zero-order valence-electron chi connectivity index (χ0n) is 24.9. The van der Waals surface area contributed by atoms with E-state index >= 15 is 4.39 Å². The van der Waals surface area contributed by atoms with Gasteiger partial charge in [0.2, 0.25) is 0 Å². The quantitative estimate of drug-likeness (QED) is 0.347. The Morgan fingerprint density at radius 1 is 1.05 bits per heavy atom. The lowest BCUT2D eigenvalue weighted by molar-refractivity contribution is 0.0208. The molecule has 0 amide bonds. The summed E-state index contributed by atoms with van der Waals surface area (Å²) in [6.07, 6.45) is 0.0336. The van der Waals surface area contributed by atoms with Crippen LogP contribution in [0.4, 0.5) is 14.6 Å². The third-order valence-corrected chi connectivity index (χ3v) is 10.7. The third-order valence-electron chi connectivity index (χ3n) is 10.0. The Bertz CT molecular complexity index is 1520. The van der Waals surface area contributed by atoms with Gasteiger partial charge in [0, 0.05) is 49.1 Å². The van der Waals surface area contributed by atoms with Gasteiger partial charge < -0.3 is 24.6 Å². The van der Waals surface area contributed by atoms with E-state index in [1.54, 1.807) is 0 Å². The van der Waals surface area contributed by atoms with Crippen molar-refractivity contribution in [3.63, 3.8) is 0 Å². The fourth-order valence-electron chi connectivity index (χ4n) is 7.36. The predicted molar refractivity (Wildman–Crippen MR) is 165 cm³/mol. The maximum absolute atomic E-state index is 15.5. The molecule has 9 nitrogen and oxygen atoms in total. The number of aliphatic hydroxyl groups is 2. The number of fused-ring (bicyclic) bond motifs is 3. The summed E-state index contributed by atoms with van der Waals surface area (Å²) in [5.74, 6) is -1.26. The van der Waals surface area contributed by atoms with Gasteiger partial charge in [0.15, 0.2) is 5.82 Å². The van der Waals surface area contributed by atoms with Crippen molar-refractivity contribution in [3.8, 4) is 6.01 Å². The molecule has 4 atom stereocenters. The van der Waals surface area contributed by atoms with Crippen LogP contribution in [0.15, 0.2) is 40.9 Å². The van der Waals surface area contributed by atoms with E-state index < -0.39 is 41.5 Å². The minimum absolute atomic E-state index is 0.0142. The highest BCUT2D eigenvalue weighted by Gasteiger charge is 2.56. The summed E-state index contributed by atoms with van der Waals surface area (Å²) in [5, 5.41) is 22.6. The second-order valence-electron chi connectivity index (χ2n) is 13.2. The molecule has 4 aliphatic rings. The number of halogens is 3. The normalized spacial score (nSPS) is 27.2. The highest BCUT2D eigenvalue weighted by molar-refractivity contribution is 9.10. The van der Waals surface area contributed by atoms with Crippen molar-refractivity contribution in [1.29, 1.82) is 0 Å². The van der Waals surface area contributed by atoms with Crippen LogP contribution in [0.3, 0.4) is 0 Å². The van der Waals surface area contributed by atoms with E-state index in [-0.39, 0.29) is 39.9 Å². The van der Waals surface area contributed by atoms with Gasteiger partial charge in [-0.2, -0.15) is 9.97 Å². The first-order chi connectivity index (χ1) is 21.1. The van der Waals surface area contributed by atoms with E-state index in [0.29, 0.717) is 12.4 Å². The van der Waals surface area contributed by atoms with Crippen LogP contribution in [0.25, 0.3) is 10.9 Å². The molecule has 2 aromatic carbocycles. The lowest BCUT2D eigenvalue weighted by Crippen LogP contribution is -2.61. The molecule has 4 unspecified atom stereocenters. The number of piperazine rings is 1. The summed E-state index contributed by atoms with van der Waals surface area (Å²) in [6.45, 7) is 9.24. The van der Waals surface area contributed by atoms with Crippen LogP contribution < -0.4 is 9.64 Å². The fraction of sp³-hybridized carbons (Fsp3) is 0.562. The molecule has 2 N–H and O–H groups in total. The van der Waals surface area contributed by atoms with Crippen LogP contribution in [-0.2, 0) is 10.3 Å². The zero-order valence-corrected chi connectivity index (χ0v) is 26.5. The van der Waals surface area contributed by atoms with Crippen LogP contribution in [0.2, 0.25) is 0 Å². The molecule has 236 valence electrons. The van der Waals surface area contributed by atoms with Gasteiger partial charge in [0.05, 0.1) is 48.6 Å².